The van der Waals surface area contributed by atoms with Gasteiger partial charge in [-0.3, -0.25) is 4.79 Å². The maximum absolute atomic E-state index is 12.9. The lowest BCUT2D eigenvalue weighted by Crippen LogP contribution is -2.21. The lowest BCUT2D eigenvalue weighted by atomic mass is 9.97. The Labute approximate surface area is 195 Å². The van der Waals surface area contributed by atoms with Crippen molar-refractivity contribution in [3.63, 3.8) is 0 Å². The maximum Gasteiger partial charge on any atom is 0.306 e. The Balaban J connectivity index is 1.57. The van der Waals surface area contributed by atoms with Crippen LogP contribution in [0.15, 0.2) is 121 Å². The van der Waals surface area contributed by atoms with Crippen LogP contribution in [-0.4, -0.2) is 5.97 Å². The van der Waals surface area contributed by atoms with Crippen LogP contribution < -0.4 is 0 Å². The summed E-state index contributed by atoms with van der Waals surface area (Å²) >= 11 is 0. The molecule has 0 fully saturated rings. The van der Waals surface area contributed by atoms with Crippen LogP contribution in [0.4, 0.5) is 0 Å². The van der Waals surface area contributed by atoms with Crippen molar-refractivity contribution in [3.8, 4) is 0 Å². The molecular weight excluding hydrogens is 408 g/mol. The highest BCUT2D eigenvalue weighted by molar-refractivity contribution is 5.70. The van der Waals surface area contributed by atoms with Crippen molar-refractivity contribution in [2.24, 2.45) is 0 Å². The van der Waals surface area contributed by atoms with Crippen LogP contribution >= 0.6 is 0 Å². The fourth-order valence-electron chi connectivity index (χ4n) is 3.80. The molecule has 0 amide bonds. The summed E-state index contributed by atoms with van der Waals surface area (Å²) < 4.78 is 12.5. The van der Waals surface area contributed by atoms with E-state index in [9.17, 15) is 4.79 Å². The third-order valence-electron chi connectivity index (χ3n) is 5.52. The SMILES string of the molecule is O=C(CCc1ccccc1)O[C@H](c1ccccc1)[C@@H](OCc1ccccc1)c1ccccc1. The van der Waals surface area contributed by atoms with Gasteiger partial charge in [-0.15, -0.1) is 0 Å². The summed E-state index contributed by atoms with van der Waals surface area (Å²) in [5.41, 5.74) is 4.07. The Morgan fingerprint density at radius 3 is 1.58 bits per heavy atom. The van der Waals surface area contributed by atoms with Crippen LogP contribution in [0.25, 0.3) is 0 Å². The quantitative estimate of drug-likeness (QED) is 0.255. The Bertz CT molecular complexity index is 1100. The summed E-state index contributed by atoms with van der Waals surface area (Å²) in [4.78, 5) is 12.9. The van der Waals surface area contributed by atoms with Crippen molar-refractivity contribution in [1.29, 1.82) is 0 Å². The molecule has 4 rings (SSSR count). The normalized spacial score (nSPS) is 12.6. The second kappa shape index (κ2) is 11.8. The van der Waals surface area contributed by atoms with E-state index in [1.807, 2.05) is 121 Å². The minimum atomic E-state index is -0.555. The zero-order chi connectivity index (χ0) is 22.7. The van der Waals surface area contributed by atoms with Crippen LogP contribution in [0.1, 0.15) is 40.9 Å². The summed E-state index contributed by atoms with van der Waals surface area (Å²) in [6.07, 6.45) is -0.0367. The van der Waals surface area contributed by atoms with Crippen LogP contribution in [-0.2, 0) is 27.3 Å². The molecule has 0 saturated heterocycles. The number of hydrogen-bond donors (Lipinski definition) is 0. The monoisotopic (exact) mass is 436 g/mol. The molecule has 0 bridgehead atoms. The number of ether oxygens (including phenoxy) is 2. The third-order valence-corrected chi connectivity index (χ3v) is 5.52. The largest absolute Gasteiger partial charge is 0.454 e. The van der Waals surface area contributed by atoms with Gasteiger partial charge in [-0.25, -0.2) is 0 Å². The molecule has 0 saturated carbocycles. The maximum atomic E-state index is 12.9. The van der Waals surface area contributed by atoms with Crippen molar-refractivity contribution in [2.45, 2.75) is 31.7 Å². The van der Waals surface area contributed by atoms with E-state index in [4.69, 9.17) is 9.47 Å². The van der Waals surface area contributed by atoms with Gasteiger partial charge in [0.1, 0.15) is 6.10 Å². The summed E-state index contributed by atoms with van der Waals surface area (Å²) in [6, 6.07) is 39.8. The predicted molar refractivity (Wildman–Crippen MR) is 130 cm³/mol. The average Bonchev–Trinajstić information content (AvgIpc) is 2.89. The van der Waals surface area contributed by atoms with E-state index in [1.165, 1.54) is 0 Å². The van der Waals surface area contributed by atoms with E-state index in [0.29, 0.717) is 19.4 Å². The molecule has 2 atom stereocenters. The molecule has 3 heteroatoms. The van der Waals surface area contributed by atoms with Crippen molar-refractivity contribution in [2.75, 3.05) is 0 Å². The van der Waals surface area contributed by atoms with Gasteiger partial charge in [-0.2, -0.15) is 0 Å². The highest BCUT2D eigenvalue weighted by atomic mass is 16.6. The summed E-state index contributed by atoms with van der Waals surface area (Å²) in [6.45, 7) is 0.422. The second-order valence-corrected chi connectivity index (χ2v) is 7.93. The third kappa shape index (κ3) is 6.64. The highest BCUT2D eigenvalue weighted by Gasteiger charge is 2.29. The highest BCUT2D eigenvalue weighted by Crippen LogP contribution is 2.36. The number of aryl methyl sites for hydroxylation is 1. The summed E-state index contributed by atoms with van der Waals surface area (Å²) in [5, 5.41) is 0. The first-order valence-corrected chi connectivity index (χ1v) is 11.3. The van der Waals surface area contributed by atoms with Gasteiger partial charge >= 0.3 is 5.97 Å². The molecule has 0 radical (unpaired) electrons. The Hall–Kier alpha value is -3.69. The fourth-order valence-corrected chi connectivity index (χ4v) is 3.80. The molecule has 4 aromatic carbocycles. The van der Waals surface area contributed by atoms with E-state index < -0.39 is 12.2 Å². The summed E-state index contributed by atoms with van der Waals surface area (Å²) in [5.74, 6) is -0.239. The van der Waals surface area contributed by atoms with E-state index in [1.54, 1.807) is 0 Å². The number of carbonyl (C=O) groups is 1. The topological polar surface area (TPSA) is 35.5 Å². The molecule has 0 aromatic heterocycles. The molecule has 166 valence electrons. The van der Waals surface area contributed by atoms with Crippen molar-refractivity contribution < 1.29 is 14.3 Å². The Morgan fingerprint density at radius 2 is 1.03 bits per heavy atom. The van der Waals surface area contributed by atoms with E-state index >= 15 is 0 Å². The molecule has 0 aliphatic carbocycles. The molecule has 0 heterocycles. The van der Waals surface area contributed by atoms with Gasteiger partial charge in [0, 0.05) is 6.42 Å². The first-order chi connectivity index (χ1) is 16.3. The van der Waals surface area contributed by atoms with Crippen LogP contribution in [0.5, 0.6) is 0 Å². The molecule has 0 aliphatic heterocycles. The Morgan fingerprint density at radius 1 is 0.576 bits per heavy atom. The van der Waals surface area contributed by atoms with E-state index in [0.717, 1.165) is 22.3 Å². The van der Waals surface area contributed by atoms with Crippen LogP contribution in [0.2, 0.25) is 0 Å². The smallest absolute Gasteiger partial charge is 0.306 e. The van der Waals surface area contributed by atoms with E-state index in [-0.39, 0.29) is 5.97 Å². The number of esters is 1. The number of hydrogen-bond acceptors (Lipinski definition) is 3. The van der Waals surface area contributed by atoms with Gasteiger partial charge in [0.25, 0.3) is 0 Å². The van der Waals surface area contributed by atoms with Gasteiger partial charge < -0.3 is 9.47 Å². The standard InChI is InChI=1S/C30H28O3/c31-28(22-21-24-13-5-1-6-14-24)33-30(27-19-11-4-12-20-27)29(26-17-9-3-10-18-26)32-23-25-15-7-2-8-16-25/h1-20,29-30H,21-23H2/t29-,30+/m0/s1. The number of carbonyl (C=O) groups excluding carboxylic acids is 1. The van der Waals surface area contributed by atoms with Gasteiger partial charge in [-0.05, 0) is 28.7 Å². The van der Waals surface area contributed by atoms with Gasteiger partial charge in [0.2, 0.25) is 0 Å². The lowest BCUT2D eigenvalue weighted by Gasteiger charge is -2.28. The van der Waals surface area contributed by atoms with Gasteiger partial charge in [0.15, 0.2) is 6.10 Å². The van der Waals surface area contributed by atoms with Crippen molar-refractivity contribution in [1.82, 2.24) is 0 Å². The first kappa shape index (κ1) is 22.5. The Kier molecular flexibility index (Phi) is 8.04. The van der Waals surface area contributed by atoms with Crippen molar-refractivity contribution in [3.05, 3.63) is 144 Å². The molecule has 4 aromatic rings. The lowest BCUT2D eigenvalue weighted by molar-refractivity contribution is -0.160. The minimum absolute atomic E-state index is 0.239. The van der Waals surface area contributed by atoms with Crippen LogP contribution in [0.3, 0.4) is 0 Å². The average molecular weight is 437 g/mol. The molecular formula is C30H28O3. The van der Waals surface area contributed by atoms with Gasteiger partial charge in [0.05, 0.1) is 6.61 Å². The second-order valence-electron chi connectivity index (χ2n) is 7.93. The molecule has 0 N–H and O–H groups in total. The number of benzene rings is 4. The zero-order valence-electron chi connectivity index (χ0n) is 18.5. The fraction of sp³-hybridized carbons (Fsp3) is 0.167. The molecule has 33 heavy (non-hydrogen) atoms. The predicted octanol–water partition coefficient (Wildman–Crippen LogP) is 6.86. The molecule has 0 aliphatic rings. The number of rotatable bonds is 10. The van der Waals surface area contributed by atoms with Crippen LogP contribution in [0, 0.1) is 0 Å². The minimum Gasteiger partial charge on any atom is -0.454 e. The van der Waals surface area contributed by atoms with E-state index in [2.05, 4.69) is 0 Å². The van der Waals surface area contributed by atoms with Gasteiger partial charge in [-0.1, -0.05) is 121 Å². The first-order valence-electron chi connectivity index (χ1n) is 11.3. The molecule has 3 nitrogen and oxygen atoms in total. The zero-order valence-corrected chi connectivity index (χ0v) is 18.5. The summed E-state index contributed by atoms with van der Waals surface area (Å²) in [7, 11) is 0. The molecule has 0 unspecified atom stereocenters. The molecule has 0 spiro atoms. The van der Waals surface area contributed by atoms with Crippen molar-refractivity contribution >= 4 is 5.97 Å².